The van der Waals surface area contributed by atoms with Crippen molar-refractivity contribution in [1.82, 2.24) is 24.1 Å². The topological polar surface area (TPSA) is 93.9 Å². The molecule has 0 spiro atoms. The summed E-state index contributed by atoms with van der Waals surface area (Å²) in [6, 6.07) is 11.1. The lowest BCUT2D eigenvalue weighted by atomic mass is 10.0. The van der Waals surface area contributed by atoms with E-state index in [0.717, 1.165) is 6.07 Å². The van der Waals surface area contributed by atoms with Crippen LogP contribution in [0.25, 0.3) is 38.8 Å². The second-order valence-electron chi connectivity index (χ2n) is 7.16. The highest BCUT2D eigenvalue weighted by Crippen LogP contribution is 2.30. The Bertz CT molecular complexity index is 1650. The van der Waals surface area contributed by atoms with Crippen LogP contribution in [-0.4, -0.2) is 31.2 Å². The number of hydrogen-bond donors (Lipinski definition) is 0. The van der Waals surface area contributed by atoms with Gasteiger partial charge in [-0.05, 0) is 35.9 Å². The Kier molecular flexibility index (Phi) is 4.79. The molecule has 0 bridgehead atoms. The molecular weight excluding hydrogens is 428 g/mol. The minimum absolute atomic E-state index is 0.158. The van der Waals surface area contributed by atoms with E-state index in [4.69, 9.17) is 4.74 Å². The summed E-state index contributed by atoms with van der Waals surface area (Å²) >= 11 is 0. The van der Waals surface area contributed by atoms with Crippen molar-refractivity contribution >= 4 is 21.9 Å². The Hall–Kier alpha value is -4.65. The van der Waals surface area contributed by atoms with Crippen LogP contribution in [0.15, 0.2) is 59.9 Å². The van der Waals surface area contributed by atoms with Crippen molar-refractivity contribution in [3.8, 4) is 28.9 Å². The molecule has 4 aromatic heterocycles. The summed E-state index contributed by atoms with van der Waals surface area (Å²) in [5.74, 6) is -1.36. The molecule has 0 saturated carbocycles. The van der Waals surface area contributed by atoms with Gasteiger partial charge in [-0.25, -0.2) is 4.98 Å². The molecule has 0 saturated heterocycles. The average molecular weight is 443 g/mol. The number of aromatic nitrogens is 5. The maximum absolute atomic E-state index is 14.4. The molecule has 8 nitrogen and oxygen atoms in total. The van der Waals surface area contributed by atoms with E-state index in [9.17, 15) is 14.0 Å². The van der Waals surface area contributed by atoms with E-state index in [2.05, 4.69) is 19.9 Å². The zero-order valence-corrected chi connectivity index (χ0v) is 17.5. The average Bonchev–Trinajstić information content (AvgIpc) is 3.11. The number of halogens is 2. The number of hydrogen-bond acceptors (Lipinski definition) is 6. The fraction of sp³-hybridized carbons (Fsp3) is 0.0870. The number of nitrogens with zero attached hydrogens (tertiary/aromatic N) is 7. The van der Waals surface area contributed by atoms with Gasteiger partial charge in [0.2, 0.25) is 29.6 Å². The summed E-state index contributed by atoms with van der Waals surface area (Å²) in [5, 5.41) is 9.99. The third-order valence-corrected chi connectivity index (χ3v) is 5.37. The number of imidazole rings is 1. The summed E-state index contributed by atoms with van der Waals surface area (Å²) < 4.78 is 36.4. The first-order valence-electron chi connectivity index (χ1n) is 9.77. The van der Waals surface area contributed by atoms with Gasteiger partial charge in [0.1, 0.15) is 0 Å². The van der Waals surface area contributed by atoms with Crippen LogP contribution in [0, 0.1) is 23.4 Å². The molecule has 4 heterocycles. The van der Waals surface area contributed by atoms with Crippen molar-refractivity contribution in [3.63, 3.8) is 0 Å². The van der Waals surface area contributed by atoms with Crippen LogP contribution in [0.2, 0.25) is 0 Å². The molecule has 0 atom stereocenters. The van der Waals surface area contributed by atoms with Gasteiger partial charge >= 0.3 is 0 Å². The van der Waals surface area contributed by atoms with Crippen LogP contribution >= 0.6 is 0 Å². The van der Waals surface area contributed by atoms with Crippen molar-refractivity contribution in [2.24, 2.45) is 12.0 Å². The SMILES string of the molecule is COc1ccc(-n2/c(=N\C#N)n(C)c3cnc4ccc(-c5ccc(F)nc5F)cc4c32)cn1. The van der Waals surface area contributed by atoms with Crippen LogP contribution in [0.3, 0.4) is 0 Å². The molecule has 0 radical (unpaired) electrons. The molecule has 33 heavy (non-hydrogen) atoms. The summed E-state index contributed by atoms with van der Waals surface area (Å²) in [7, 11) is 3.29. The Morgan fingerprint density at radius 3 is 2.61 bits per heavy atom. The van der Waals surface area contributed by atoms with Crippen molar-refractivity contribution in [2.75, 3.05) is 7.11 Å². The lowest BCUT2D eigenvalue weighted by molar-refractivity contribution is 0.398. The second-order valence-corrected chi connectivity index (χ2v) is 7.16. The zero-order chi connectivity index (χ0) is 23.1. The smallest absolute Gasteiger partial charge is 0.226 e. The number of fused-ring (bicyclic) bond motifs is 3. The highest BCUT2D eigenvalue weighted by Gasteiger charge is 2.17. The van der Waals surface area contributed by atoms with Crippen LogP contribution in [0.5, 0.6) is 5.88 Å². The standard InChI is InChI=1S/C23H15F2N7O/c1-31-18-11-27-17-6-3-13(15-5-7-19(24)30-22(15)25)9-16(17)21(18)32(23(31)29-12-26)14-4-8-20(33-2)28-10-14/h3-11H,1-2H3/b29-23-. The van der Waals surface area contributed by atoms with E-state index in [0.29, 0.717) is 44.7 Å². The number of ether oxygens (including phenoxy) is 1. The van der Waals surface area contributed by atoms with E-state index in [1.165, 1.54) is 13.2 Å². The molecule has 0 N–H and O–H groups in total. The lowest BCUT2D eigenvalue weighted by Gasteiger charge is -2.09. The third kappa shape index (κ3) is 3.27. The molecule has 0 fully saturated rings. The predicted octanol–water partition coefficient (Wildman–Crippen LogP) is 3.64. The lowest BCUT2D eigenvalue weighted by Crippen LogP contribution is -2.22. The highest BCUT2D eigenvalue weighted by molar-refractivity contribution is 6.04. The monoisotopic (exact) mass is 443 g/mol. The van der Waals surface area contributed by atoms with Crippen LogP contribution in [-0.2, 0) is 7.05 Å². The Labute approximate surface area is 185 Å². The van der Waals surface area contributed by atoms with E-state index in [-0.39, 0.29) is 5.56 Å². The van der Waals surface area contributed by atoms with E-state index in [1.54, 1.807) is 58.9 Å². The third-order valence-electron chi connectivity index (χ3n) is 5.37. The summed E-state index contributed by atoms with van der Waals surface area (Å²) in [6.07, 6.45) is 5.13. The van der Waals surface area contributed by atoms with Gasteiger partial charge in [0.25, 0.3) is 0 Å². The van der Waals surface area contributed by atoms with Crippen molar-refractivity contribution in [1.29, 1.82) is 5.26 Å². The minimum Gasteiger partial charge on any atom is -0.481 e. The van der Waals surface area contributed by atoms with Gasteiger partial charge in [-0.2, -0.15) is 19.0 Å². The normalized spacial score (nSPS) is 11.8. The Morgan fingerprint density at radius 1 is 1.06 bits per heavy atom. The number of pyridine rings is 3. The number of aryl methyl sites for hydroxylation is 1. The van der Waals surface area contributed by atoms with E-state index in [1.807, 2.05) is 6.19 Å². The molecule has 1 aromatic carbocycles. The fourth-order valence-electron chi connectivity index (χ4n) is 3.84. The van der Waals surface area contributed by atoms with Gasteiger partial charge in [-0.3, -0.25) is 9.55 Å². The number of methoxy groups -OCH3 is 1. The molecule has 0 amide bonds. The molecule has 162 valence electrons. The molecular formula is C23H15F2N7O. The van der Waals surface area contributed by atoms with Crippen LogP contribution < -0.4 is 10.4 Å². The predicted molar refractivity (Wildman–Crippen MR) is 116 cm³/mol. The maximum atomic E-state index is 14.4. The van der Waals surface area contributed by atoms with Gasteiger partial charge < -0.3 is 9.30 Å². The van der Waals surface area contributed by atoms with Gasteiger partial charge in [-0.15, -0.1) is 4.99 Å². The molecule has 5 rings (SSSR count). The molecule has 0 aliphatic heterocycles. The first kappa shape index (κ1) is 20.3. The number of benzene rings is 1. The van der Waals surface area contributed by atoms with Gasteiger partial charge in [-0.1, -0.05) is 6.07 Å². The highest BCUT2D eigenvalue weighted by atomic mass is 19.1. The van der Waals surface area contributed by atoms with Crippen LogP contribution in [0.4, 0.5) is 8.78 Å². The number of rotatable bonds is 3. The largest absolute Gasteiger partial charge is 0.481 e. The van der Waals surface area contributed by atoms with Crippen molar-refractivity contribution in [3.05, 3.63) is 72.4 Å². The van der Waals surface area contributed by atoms with E-state index >= 15 is 0 Å². The van der Waals surface area contributed by atoms with Gasteiger partial charge in [0.05, 0.1) is 41.7 Å². The molecule has 10 heteroatoms. The molecule has 0 aliphatic carbocycles. The maximum Gasteiger partial charge on any atom is 0.226 e. The fourth-order valence-corrected chi connectivity index (χ4v) is 3.84. The minimum atomic E-state index is -0.907. The summed E-state index contributed by atoms with van der Waals surface area (Å²) in [4.78, 5) is 16.1. The molecule has 0 unspecified atom stereocenters. The van der Waals surface area contributed by atoms with Gasteiger partial charge in [0.15, 0.2) is 0 Å². The second kappa shape index (κ2) is 7.80. The zero-order valence-electron chi connectivity index (χ0n) is 17.5. The first-order valence-corrected chi connectivity index (χ1v) is 9.77. The first-order chi connectivity index (χ1) is 16.0. The van der Waals surface area contributed by atoms with E-state index < -0.39 is 11.9 Å². The Balaban J connectivity index is 1.89. The van der Waals surface area contributed by atoms with Crippen molar-refractivity contribution < 1.29 is 13.5 Å². The quantitative estimate of drug-likeness (QED) is 0.314. The summed E-state index contributed by atoms with van der Waals surface area (Å²) in [5.41, 5.74) is 3.69. The molecule has 5 aromatic rings. The van der Waals surface area contributed by atoms with Crippen molar-refractivity contribution in [2.45, 2.75) is 0 Å². The Morgan fingerprint density at radius 2 is 1.91 bits per heavy atom. The number of nitriles is 1. The summed E-state index contributed by atoms with van der Waals surface area (Å²) in [6.45, 7) is 0. The van der Waals surface area contributed by atoms with Gasteiger partial charge in [0, 0.05) is 24.1 Å². The van der Waals surface area contributed by atoms with Crippen LogP contribution in [0.1, 0.15) is 0 Å². The molecule has 0 aliphatic rings.